The number of ether oxygens (including phenoxy) is 1. The van der Waals surface area contributed by atoms with Crippen LogP contribution < -0.4 is 5.73 Å². The maximum Gasteiger partial charge on any atom is 0.350 e. The number of aromatic nitrogens is 1. The molecule has 5 heteroatoms. The van der Waals surface area contributed by atoms with Gasteiger partial charge >= 0.3 is 5.97 Å². The van der Waals surface area contributed by atoms with Crippen LogP contribution in [-0.2, 0) is 4.74 Å². The SMILES string of the molecule is CCOC(=O)c1sc(-c2cccc(N)c2)nc1C(C)C. The Balaban J connectivity index is 2.46. The average Bonchev–Trinajstić information content (AvgIpc) is 2.84. The van der Waals surface area contributed by atoms with Crippen LogP contribution >= 0.6 is 11.3 Å². The van der Waals surface area contributed by atoms with Gasteiger partial charge in [0.1, 0.15) is 9.88 Å². The minimum atomic E-state index is -0.302. The lowest BCUT2D eigenvalue weighted by Gasteiger charge is -2.04. The van der Waals surface area contributed by atoms with E-state index in [4.69, 9.17) is 10.5 Å². The molecule has 4 nitrogen and oxygen atoms in total. The molecule has 20 heavy (non-hydrogen) atoms. The van der Waals surface area contributed by atoms with Crippen LogP contribution in [0.5, 0.6) is 0 Å². The monoisotopic (exact) mass is 290 g/mol. The van der Waals surface area contributed by atoms with Gasteiger partial charge in [0.15, 0.2) is 0 Å². The van der Waals surface area contributed by atoms with Gasteiger partial charge in [-0.1, -0.05) is 26.0 Å². The molecule has 0 unspecified atom stereocenters. The molecule has 1 aromatic carbocycles. The third kappa shape index (κ3) is 2.99. The molecule has 0 saturated heterocycles. The fraction of sp³-hybridized carbons (Fsp3) is 0.333. The number of esters is 1. The molecule has 106 valence electrons. The standard InChI is InChI=1S/C15H18N2O2S/c1-4-19-15(18)13-12(9(2)3)17-14(20-13)10-6-5-7-11(16)8-10/h5-9H,4,16H2,1-3H3. The van der Waals surface area contributed by atoms with Gasteiger partial charge in [-0.05, 0) is 25.0 Å². The molecule has 2 N–H and O–H groups in total. The summed E-state index contributed by atoms with van der Waals surface area (Å²) in [6.07, 6.45) is 0. The van der Waals surface area contributed by atoms with Crippen LogP contribution in [0.1, 0.15) is 42.1 Å². The van der Waals surface area contributed by atoms with Crippen molar-refractivity contribution in [2.24, 2.45) is 0 Å². The second-order valence-electron chi connectivity index (χ2n) is 4.73. The van der Waals surface area contributed by atoms with Gasteiger partial charge in [-0.3, -0.25) is 0 Å². The van der Waals surface area contributed by atoms with E-state index < -0.39 is 0 Å². The first-order valence-electron chi connectivity index (χ1n) is 6.56. The van der Waals surface area contributed by atoms with Crippen LogP contribution in [0.2, 0.25) is 0 Å². The highest BCUT2D eigenvalue weighted by Gasteiger charge is 2.21. The Hall–Kier alpha value is -1.88. The average molecular weight is 290 g/mol. The van der Waals surface area contributed by atoms with Crippen molar-refractivity contribution in [2.75, 3.05) is 12.3 Å². The van der Waals surface area contributed by atoms with Crippen LogP contribution in [0.15, 0.2) is 24.3 Å². The zero-order valence-corrected chi connectivity index (χ0v) is 12.7. The second-order valence-corrected chi connectivity index (χ2v) is 5.73. The highest BCUT2D eigenvalue weighted by atomic mass is 32.1. The van der Waals surface area contributed by atoms with E-state index in [1.54, 1.807) is 6.92 Å². The van der Waals surface area contributed by atoms with Gasteiger partial charge in [0.25, 0.3) is 0 Å². The molecule has 0 aliphatic heterocycles. The quantitative estimate of drug-likeness (QED) is 0.689. The van der Waals surface area contributed by atoms with Crippen LogP contribution in [0, 0.1) is 0 Å². The summed E-state index contributed by atoms with van der Waals surface area (Å²) >= 11 is 1.36. The van der Waals surface area contributed by atoms with Gasteiger partial charge in [0.05, 0.1) is 12.3 Å². The van der Waals surface area contributed by atoms with Crippen molar-refractivity contribution in [1.82, 2.24) is 4.98 Å². The Labute approximate surface area is 122 Å². The zero-order valence-electron chi connectivity index (χ0n) is 11.8. The summed E-state index contributed by atoms with van der Waals surface area (Å²) in [4.78, 5) is 17.2. The van der Waals surface area contributed by atoms with Gasteiger partial charge in [0.2, 0.25) is 0 Å². The number of nitrogen functional groups attached to an aromatic ring is 1. The Morgan fingerprint density at radius 3 is 2.80 bits per heavy atom. The van der Waals surface area contributed by atoms with Crippen molar-refractivity contribution < 1.29 is 9.53 Å². The highest BCUT2D eigenvalue weighted by molar-refractivity contribution is 7.17. The molecule has 0 saturated carbocycles. The van der Waals surface area contributed by atoms with Gasteiger partial charge in [-0.2, -0.15) is 0 Å². The van der Waals surface area contributed by atoms with Crippen LogP contribution in [0.4, 0.5) is 5.69 Å². The van der Waals surface area contributed by atoms with Crippen molar-refractivity contribution in [3.05, 3.63) is 34.8 Å². The molecule has 0 bridgehead atoms. The third-order valence-electron chi connectivity index (χ3n) is 2.79. The summed E-state index contributed by atoms with van der Waals surface area (Å²) in [7, 11) is 0. The van der Waals surface area contributed by atoms with Crippen molar-refractivity contribution in [3.8, 4) is 10.6 Å². The Morgan fingerprint density at radius 2 is 2.20 bits per heavy atom. The number of hydrogen-bond donors (Lipinski definition) is 1. The minimum Gasteiger partial charge on any atom is -0.462 e. The minimum absolute atomic E-state index is 0.167. The number of carbonyl (C=O) groups excluding carboxylic acids is 1. The first-order valence-corrected chi connectivity index (χ1v) is 7.38. The molecule has 0 amide bonds. The summed E-state index contributed by atoms with van der Waals surface area (Å²) < 4.78 is 5.10. The van der Waals surface area contributed by atoms with E-state index in [2.05, 4.69) is 4.98 Å². The first kappa shape index (κ1) is 14.5. The van der Waals surface area contributed by atoms with Crippen molar-refractivity contribution in [3.63, 3.8) is 0 Å². The number of anilines is 1. The van der Waals surface area contributed by atoms with E-state index in [0.717, 1.165) is 16.3 Å². The number of nitrogens with zero attached hydrogens (tertiary/aromatic N) is 1. The lowest BCUT2D eigenvalue weighted by atomic mass is 10.1. The summed E-state index contributed by atoms with van der Waals surface area (Å²) in [5, 5.41) is 0.795. The summed E-state index contributed by atoms with van der Waals surface area (Å²) in [5.74, 6) is -0.135. The summed E-state index contributed by atoms with van der Waals surface area (Å²) in [5.41, 5.74) is 8.18. The molecule has 2 rings (SSSR count). The maximum absolute atomic E-state index is 12.0. The van der Waals surface area contributed by atoms with E-state index in [1.807, 2.05) is 38.1 Å². The fourth-order valence-electron chi connectivity index (χ4n) is 1.86. The third-order valence-corrected chi connectivity index (χ3v) is 3.89. The molecule has 0 aliphatic carbocycles. The molecule has 1 heterocycles. The van der Waals surface area contributed by atoms with Crippen LogP contribution in [-0.4, -0.2) is 17.6 Å². The van der Waals surface area contributed by atoms with E-state index in [9.17, 15) is 4.79 Å². The number of carbonyl (C=O) groups is 1. The molecule has 0 radical (unpaired) electrons. The normalized spacial score (nSPS) is 10.8. The largest absolute Gasteiger partial charge is 0.462 e. The predicted molar refractivity (Wildman–Crippen MR) is 82.0 cm³/mol. The van der Waals surface area contributed by atoms with E-state index >= 15 is 0 Å². The number of benzene rings is 1. The summed E-state index contributed by atoms with van der Waals surface area (Å²) in [6, 6.07) is 7.50. The molecule has 1 aromatic heterocycles. The van der Waals surface area contributed by atoms with Crippen molar-refractivity contribution in [1.29, 1.82) is 0 Å². The molecule has 0 aliphatic rings. The molecule has 0 fully saturated rings. The second kappa shape index (κ2) is 6.05. The first-order chi connectivity index (χ1) is 9.52. The summed E-state index contributed by atoms with van der Waals surface area (Å²) in [6.45, 7) is 6.19. The van der Waals surface area contributed by atoms with Gasteiger partial charge in [-0.15, -0.1) is 11.3 Å². The van der Waals surface area contributed by atoms with Gasteiger partial charge in [0, 0.05) is 11.3 Å². The van der Waals surface area contributed by atoms with E-state index in [0.29, 0.717) is 17.2 Å². The Morgan fingerprint density at radius 1 is 1.45 bits per heavy atom. The van der Waals surface area contributed by atoms with E-state index in [-0.39, 0.29) is 11.9 Å². The van der Waals surface area contributed by atoms with Gasteiger partial charge < -0.3 is 10.5 Å². The van der Waals surface area contributed by atoms with Crippen molar-refractivity contribution >= 4 is 23.0 Å². The highest BCUT2D eigenvalue weighted by Crippen LogP contribution is 2.32. The number of rotatable bonds is 4. The van der Waals surface area contributed by atoms with E-state index in [1.165, 1.54) is 11.3 Å². The topological polar surface area (TPSA) is 65.2 Å². The Bertz CT molecular complexity index is 620. The molecule has 0 atom stereocenters. The molecule has 2 aromatic rings. The number of nitrogens with two attached hydrogens (primary N) is 1. The van der Waals surface area contributed by atoms with Crippen LogP contribution in [0.3, 0.4) is 0 Å². The van der Waals surface area contributed by atoms with Crippen molar-refractivity contribution in [2.45, 2.75) is 26.7 Å². The number of hydrogen-bond acceptors (Lipinski definition) is 5. The molecular formula is C15H18N2O2S. The fourth-order valence-corrected chi connectivity index (χ4v) is 2.97. The maximum atomic E-state index is 12.0. The predicted octanol–water partition coefficient (Wildman–Crippen LogP) is 3.69. The Kier molecular flexibility index (Phi) is 4.39. The lowest BCUT2D eigenvalue weighted by Crippen LogP contribution is -2.06. The zero-order chi connectivity index (χ0) is 14.7. The number of thiazole rings is 1. The smallest absolute Gasteiger partial charge is 0.350 e. The molecular weight excluding hydrogens is 272 g/mol. The van der Waals surface area contributed by atoms with Gasteiger partial charge in [-0.25, -0.2) is 9.78 Å². The lowest BCUT2D eigenvalue weighted by molar-refractivity contribution is 0.0530. The molecule has 0 spiro atoms. The van der Waals surface area contributed by atoms with Crippen LogP contribution in [0.25, 0.3) is 10.6 Å².